The highest BCUT2D eigenvalue weighted by atomic mass is 35.5. The van der Waals surface area contributed by atoms with Crippen LogP contribution in [0.1, 0.15) is 18.0 Å². The minimum atomic E-state index is -0.451. The molecular weight excluding hydrogens is 361 g/mol. The Morgan fingerprint density at radius 2 is 2.08 bits per heavy atom. The fourth-order valence-electron chi connectivity index (χ4n) is 3.84. The van der Waals surface area contributed by atoms with E-state index < -0.39 is 5.82 Å². The van der Waals surface area contributed by atoms with Gasteiger partial charge in [-0.3, -0.25) is 4.79 Å². The fraction of sp³-hybridized carbons (Fsp3) is 0.333. The molecule has 2 aliphatic rings. The zero-order valence-corrected chi connectivity index (χ0v) is 15.0. The Morgan fingerprint density at radius 1 is 1.24 bits per heavy atom. The van der Waals surface area contributed by atoms with Crippen LogP contribution in [0.25, 0.3) is 0 Å². The third kappa shape index (κ3) is 3.16. The fourth-order valence-corrected chi connectivity index (χ4v) is 4.29. The summed E-state index contributed by atoms with van der Waals surface area (Å²) < 4.78 is 15.2. The summed E-state index contributed by atoms with van der Waals surface area (Å²) in [5.74, 6) is 0.230. The summed E-state index contributed by atoms with van der Waals surface area (Å²) in [6.07, 6.45) is 1.07. The van der Waals surface area contributed by atoms with Gasteiger partial charge in [0.15, 0.2) is 5.11 Å². The molecule has 1 aromatic carbocycles. The molecule has 0 radical (unpaired) electrons. The molecule has 1 fully saturated rings. The Kier molecular flexibility index (Phi) is 4.25. The van der Waals surface area contributed by atoms with Gasteiger partial charge in [-0.1, -0.05) is 17.7 Å². The molecule has 4 rings (SSSR count). The predicted octanol–water partition coefficient (Wildman–Crippen LogP) is 3.46. The highest BCUT2D eigenvalue weighted by Crippen LogP contribution is 2.35. The number of aromatic nitrogens is 1. The van der Waals surface area contributed by atoms with E-state index in [0.717, 1.165) is 31.7 Å². The number of thiocarbonyl (C=S) groups is 1. The molecule has 0 saturated carbocycles. The number of anilines is 1. The van der Waals surface area contributed by atoms with E-state index in [1.165, 1.54) is 12.1 Å². The molecule has 4 nitrogen and oxygen atoms in total. The molecule has 1 N–H and O–H groups in total. The first-order valence-electron chi connectivity index (χ1n) is 8.22. The van der Waals surface area contributed by atoms with Crippen LogP contribution in [0, 0.1) is 11.7 Å². The molecule has 2 bridgehead atoms. The lowest BCUT2D eigenvalue weighted by molar-refractivity contribution is 0.180. The van der Waals surface area contributed by atoms with Crippen LogP contribution >= 0.6 is 23.8 Å². The summed E-state index contributed by atoms with van der Waals surface area (Å²) in [4.78, 5) is 14.2. The van der Waals surface area contributed by atoms with Crippen LogP contribution in [0.4, 0.5) is 10.1 Å². The zero-order chi connectivity index (χ0) is 17.6. The lowest BCUT2D eigenvalue weighted by atomic mass is 9.83. The number of nitrogens with zero attached hydrogens (tertiary/aromatic N) is 2. The summed E-state index contributed by atoms with van der Waals surface area (Å²) in [5, 5.41) is 3.81. The Labute approximate surface area is 155 Å². The summed E-state index contributed by atoms with van der Waals surface area (Å²) >= 11 is 11.4. The van der Waals surface area contributed by atoms with Gasteiger partial charge in [-0.25, -0.2) is 4.39 Å². The van der Waals surface area contributed by atoms with Gasteiger partial charge in [0, 0.05) is 43.0 Å². The molecule has 1 saturated heterocycles. The molecule has 3 heterocycles. The molecule has 0 amide bonds. The number of fused-ring (bicyclic) bond motifs is 4. The molecular formula is C18H17ClFN3OS. The lowest BCUT2D eigenvalue weighted by Gasteiger charge is -2.43. The van der Waals surface area contributed by atoms with Crippen molar-refractivity contribution < 1.29 is 4.39 Å². The molecule has 2 aromatic rings. The Hall–Kier alpha value is -1.92. The van der Waals surface area contributed by atoms with Gasteiger partial charge in [-0.05, 0) is 48.8 Å². The summed E-state index contributed by atoms with van der Waals surface area (Å²) in [6, 6.07) is 9.94. The second-order valence-electron chi connectivity index (χ2n) is 6.66. The number of halogens is 2. The highest BCUT2D eigenvalue weighted by molar-refractivity contribution is 7.80. The van der Waals surface area contributed by atoms with Crippen molar-refractivity contribution in [3.05, 3.63) is 63.3 Å². The smallest absolute Gasteiger partial charge is 0.250 e. The maximum absolute atomic E-state index is 13.3. The van der Waals surface area contributed by atoms with Crippen LogP contribution in [0.2, 0.25) is 5.02 Å². The maximum atomic E-state index is 13.3. The normalized spacial score (nSPS) is 21.6. The van der Waals surface area contributed by atoms with Crippen molar-refractivity contribution in [1.82, 2.24) is 9.47 Å². The first-order chi connectivity index (χ1) is 12.0. The molecule has 1 aromatic heterocycles. The van der Waals surface area contributed by atoms with E-state index in [-0.39, 0.29) is 16.5 Å². The number of likely N-dealkylation sites (tertiary alicyclic amines) is 1. The summed E-state index contributed by atoms with van der Waals surface area (Å²) in [5.41, 5.74) is 1.83. The van der Waals surface area contributed by atoms with Crippen molar-refractivity contribution in [3.8, 4) is 0 Å². The van der Waals surface area contributed by atoms with Gasteiger partial charge in [-0.2, -0.15) is 0 Å². The molecule has 0 spiro atoms. The number of pyridine rings is 1. The van der Waals surface area contributed by atoms with Gasteiger partial charge in [0.2, 0.25) is 0 Å². The minimum Gasteiger partial charge on any atom is -0.348 e. The third-order valence-electron chi connectivity index (χ3n) is 4.94. The number of hydrogen-bond donors (Lipinski definition) is 1. The number of piperidine rings is 1. The van der Waals surface area contributed by atoms with Gasteiger partial charge in [0.1, 0.15) is 5.82 Å². The van der Waals surface area contributed by atoms with E-state index >= 15 is 0 Å². The van der Waals surface area contributed by atoms with Crippen LogP contribution < -0.4 is 10.9 Å². The summed E-state index contributed by atoms with van der Waals surface area (Å²) in [7, 11) is 0. The van der Waals surface area contributed by atoms with Crippen LogP contribution in [0.5, 0.6) is 0 Å². The average molecular weight is 378 g/mol. The highest BCUT2D eigenvalue weighted by Gasteiger charge is 2.35. The van der Waals surface area contributed by atoms with E-state index in [9.17, 15) is 9.18 Å². The van der Waals surface area contributed by atoms with Crippen LogP contribution in [-0.2, 0) is 6.54 Å². The molecule has 0 aliphatic carbocycles. The monoisotopic (exact) mass is 377 g/mol. The number of hydrogen-bond acceptors (Lipinski definition) is 2. The quantitative estimate of drug-likeness (QED) is 0.772. The summed E-state index contributed by atoms with van der Waals surface area (Å²) in [6.45, 7) is 2.30. The zero-order valence-electron chi connectivity index (χ0n) is 13.4. The van der Waals surface area contributed by atoms with E-state index in [1.807, 2.05) is 16.7 Å². The number of nitrogens with one attached hydrogen (secondary N) is 1. The van der Waals surface area contributed by atoms with Crippen molar-refractivity contribution in [2.24, 2.45) is 5.92 Å². The van der Waals surface area contributed by atoms with E-state index in [0.29, 0.717) is 16.7 Å². The van der Waals surface area contributed by atoms with Crippen LogP contribution in [0.3, 0.4) is 0 Å². The molecule has 2 atom stereocenters. The lowest BCUT2D eigenvalue weighted by Crippen LogP contribution is -2.50. The van der Waals surface area contributed by atoms with Gasteiger partial charge >= 0.3 is 0 Å². The number of rotatable bonds is 1. The Morgan fingerprint density at radius 3 is 2.88 bits per heavy atom. The van der Waals surface area contributed by atoms with E-state index in [1.54, 1.807) is 12.1 Å². The minimum absolute atomic E-state index is 0.0663. The second-order valence-corrected chi connectivity index (χ2v) is 7.46. The molecule has 130 valence electrons. The third-order valence-corrected chi connectivity index (χ3v) is 5.59. The van der Waals surface area contributed by atoms with Gasteiger partial charge in [0.25, 0.3) is 5.56 Å². The number of benzene rings is 1. The first kappa shape index (κ1) is 16.5. The van der Waals surface area contributed by atoms with Gasteiger partial charge in [0.05, 0.1) is 5.02 Å². The Bertz CT molecular complexity index is 900. The molecule has 2 aliphatic heterocycles. The van der Waals surface area contributed by atoms with Crippen LogP contribution in [-0.4, -0.2) is 27.7 Å². The largest absolute Gasteiger partial charge is 0.348 e. The van der Waals surface area contributed by atoms with E-state index in [4.69, 9.17) is 23.8 Å². The maximum Gasteiger partial charge on any atom is 0.250 e. The van der Waals surface area contributed by atoms with Gasteiger partial charge in [-0.15, -0.1) is 0 Å². The van der Waals surface area contributed by atoms with Crippen molar-refractivity contribution in [2.75, 3.05) is 18.4 Å². The van der Waals surface area contributed by atoms with Crippen molar-refractivity contribution in [1.29, 1.82) is 0 Å². The average Bonchev–Trinajstić information content (AvgIpc) is 2.59. The van der Waals surface area contributed by atoms with Crippen molar-refractivity contribution in [3.63, 3.8) is 0 Å². The van der Waals surface area contributed by atoms with E-state index in [2.05, 4.69) is 10.2 Å². The second kappa shape index (κ2) is 6.42. The SMILES string of the molecule is O=c1cccc2n1C[C@@H]1C[C@@H]2CN(C(=S)Nc2ccc(F)c(Cl)c2)C1. The van der Waals surface area contributed by atoms with Crippen molar-refractivity contribution >= 4 is 34.6 Å². The molecule has 7 heteroatoms. The Balaban J connectivity index is 1.52. The van der Waals surface area contributed by atoms with Crippen molar-refractivity contribution in [2.45, 2.75) is 18.9 Å². The standard InChI is InChI=1S/C18H17ClFN3OS/c19-14-7-13(4-5-15(14)20)21-18(25)22-8-11-6-12(10-22)16-2-1-3-17(24)23(16)9-11/h1-5,7,11-12H,6,8-10H2,(H,21,25)/t11-,12-/m1/s1. The molecule has 0 unspecified atom stereocenters. The van der Waals surface area contributed by atoms with Gasteiger partial charge < -0.3 is 14.8 Å². The first-order valence-corrected chi connectivity index (χ1v) is 9.00. The van der Waals surface area contributed by atoms with Crippen LogP contribution in [0.15, 0.2) is 41.2 Å². The predicted molar refractivity (Wildman–Crippen MR) is 101 cm³/mol. The molecule has 25 heavy (non-hydrogen) atoms. The topological polar surface area (TPSA) is 37.3 Å².